The minimum atomic E-state index is -1.01. The summed E-state index contributed by atoms with van der Waals surface area (Å²) in [5.74, 6) is -2.37. The molecule has 4 amide bonds. The van der Waals surface area contributed by atoms with Gasteiger partial charge in [0.15, 0.2) is 0 Å². The summed E-state index contributed by atoms with van der Waals surface area (Å²) in [6.07, 6.45) is 4.99. The molecule has 33 heavy (non-hydrogen) atoms. The van der Waals surface area contributed by atoms with E-state index in [-0.39, 0.29) is 37.5 Å². The van der Waals surface area contributed by atoms with Crippen LogP contribution in [-0.2, 0) is 28.7 Å². The van der Waals surface area contributed by atoms with Gasteiger partial charge in [-0.05, 0) is 18.8 Å². The van der Waals surface area contributed by atoms with Crippen molar-refractivity contribution in [3.05, 3.63) is 24.4 Å². The summed E-state index contributed by atoms with van der Waals surface area (Å²) in [5, 5.41) is 7.61. The zero-order chi connectivity index (χ0) is 25.4. The molecule has 0 aromatic heterocycles. The summed E-state index contributed by atoms with van der Waals surface area (Å²) in [7, 11) is 2.66. The van der Waals surface area contributed by atoms with E-state index in [4.69, 9.17) is 5.73 Å². The number of carbonyl (C=O) groups excluding carboxylic acids is 5. The lowest BCUT2D eigenvalue weighted by Crippen LogP contribution is -2.50. The van der Waals surface area contributed by atoms with Crippen molar-refractivity contribution in [1.29, 1.82) is 0 Å². The summed E-state index contributed by atoms with van der Waals surface area (Å²) >= 11 is 0. The predicted octanol–water partition coefficient (Wildman–Crippen LogP) is -0.420. The number of hydrogen-bond acceptors (Lipinski definition) is 7. The Bertz CT molecular complexity index is 733. The van der Waals surface area contributed by atoms with Crippen LogP contribution in [0.1, 0.15) is 39.5 Å². The molecule has 0 radical (unpaired) electrons. The Morgan fingerprint density at radius 1 is 1.12 bits per heavy atom. The highest BCUT2D eigenvalue weighted by Gasteiger charge is 2.23. The van der Waals surface area contributed by atoms with Gasteiger partial charge in [0.1, 0.15) is 6.04 Å². The number of allylic oxidation sites excluding steroid dienone is 1. The highest BCUT2D eigenvalue weighted by atomic mass is 16.5. The molecule has 0 aliphatic carbocycles. The Balaban J connectivity index is 4.88. The minimum absolute atomic E-state index is 0.140. The van der Waals surface area contributed by atoms with E-state index in [1.165, 1.54) is 26.3 Å². The van der Waals surface area contributed by atoms with Crippen molar-refractivity contribution in [2.75, 3.05) is 33.8 Å². The van der Waals surface area contributed by atoms with Crippen LogP contribution in [0.3, 0.4) is 0 Å². The largest absolute Gasteiger partial charge is 0.466 e. The van der Waals surface area contributed by atoms with Gasteiger partial charge in [0.25, 0.3) is 5.91 Å². The molecule has 0 aliphatic heterocycles. The molecular formula is C22H37N5O6. The van der Waals surface area contributed by atoms with E-state index in [1.54, 1.807) is 0 Å². The lowest BCUT2D eigenvalue weighted by atomic mass is 10.0. The lowest BCUT2D eigenvalue weighted by Gasteiger charge is -2.21. The molecule has 0 aromatic carbocycles. The lowest BCUT2D eigenvalue weighted by molar-refractivity contribution is -0.135. The van der Waals surface area contributed by atoms with Crippen molar-refractivity contribution >= 4 is 29.6 Å². The number of carbonyl (C=O) groups is 5. The van der Waals surface area contributed by atoms with Crippen LogP contribution in [-0.4, -0.2) is 74.3 Å². The van der Waals surface area contributed by atoms with Gasteiger partial charge in [0.05, 0.1) is 25.9 Å². The molecule has 0 saturated heterocycles. The molecule has 0 aliphatic rings. The summed E-state index contributed by atoms with van der Waals surface area (Å²) < 4.78 is 4.48. The number of esters is 1. The van der Waals surface area contributed by atoms with Crippen LogP contribution in [0.25, 0.3) is 0 Å². The first-order valence-electron chi connectivity index (χ1n) is 10.8. The molecule has 0 aromatic rings. The van der Waals surface area contributed by atoms with E-state index >= 15 is 0 Å². The molecular weight excluding hydrogens is 430 g/mol. The van der Waals surface area contributed by atoms with Gasteiger partial charge in [-0.15, -0.1) is 0 Å². The molecule has 0 bridgehead atoms. The Morgan fingerprint density at radius 3 is 2.30 bits per heavy atom. The number of hydrogen-bond donors (Lipinski definition) is 4. The van der Waals surface area contributed by atoms with Gasteiger partial charge in [-0.2, -0.15) is 0 Å². The summed E-state index contributed by atoms with van der Waals surface area (Å²) in [4.78, 5) is 61.1. The molecule has 0 saturated carbocycles. The fourth-order valence-corrected chi connectivity index (χ4v) is 2.73. The quantitative estimate of drug-likeness (QED) is 0.188. The van der Waals surface area contributed by atoms with Crippen LogP contribution in [0, 0.1) is 5.92 Å². The van der Waals surface area contributed by atoms with Crippen LogP contribution >= 0.6 is 0 Å². The first-order valence-corrected chi connectivity index (χ1v) is 10.8. The number of ether oxygens (including phenoxy) is 1. The van der Waals surface area contributed by atoms with E-state index in [1.807, 2.05) is 13.8 Å². The summed E-state index contributed by atoms with van der Waals surface area (Å²) in [6.45, 7) is 7.66. The van der Waals surface area contributed by atoms with Crippen LogP contribution in [0.4, 0.5) is 0 Å². The third kappa shape index (κ3) is 12.4. The highest BCUT2D eigenvalue weighted by molar-refractivity contribution is 6.00. The number of amides is 4. The summed E-state index contributed by atoms with van der Waals surface area (Å²) in [5.41, 5.74) is 5.05. The maximum Gasteiger partial charge on any atom is 0.330 e. The number of methoxy groups -OCH3 is 1. The fraction of sp³-hybridized carbons (Fsp3) is 0.591. The van der Waals surface area contributed by atoms with Gasteiger partial charge in [-0.1, -0.05) is 39.3 Å². The topological polar surface area (TPSA) is 160 Å². The number of nitrogens with zero attached hydrogens (tertiary/aromatic N) is 1. The van der Waals surface area contributed by atoms with E-state index in [2.05, 4.69) is 27.3 Å². The Labute approximate surface area is 195 Å². The van der Waals surface area contributed by atoms with Crippen molar-refractivity contribution in [1.82, 2.24) is 20.9 Å². The smallest absolute Gasteiger partial charge is 0.330 e. The molecule has 0 spiro atoms. The molecule has 5 N–H and O–H groups in total. The second-order valence-corrected chi connectivity index (χ2v) is 7.44. The van der Waals surface area contributed by atoms with Gasteiger partial charge < -0.3 is 31.3 Å². The van der Waals surface area contributed by atoms with Crippen LogP contribution in [0.5, 0.6) is 0 Å². The second-order valence-electron chi connectivity index (χ2n) is 7.44. The molecule has 0 unspecified atom stereocenters. The zero-order valence-electron chi connectivity index (χ0n) is 19.9. The van der Waals surface area contributed by atoms with E-state index in [0.29, 0.717) is 12.5 Å². The Morgan fingerprint density at radius 2 is 1.76 bits per heavy atom. The molecule has 1 atom stereocenters. The average molecular weight is 468 g/mol. The van der Waals surface area contributed by atoms with Crippen LogP contribution in [0.15, 0.2) is 24.4 Å². The number of likely N-dealkylation sites (N-methyl/N-ethyl adjacent to an activating group) is 1. The van der Waals surface area contributed by atoms with Crippen molar-refractivity contribution in [3.63, 3.8) is 0 Å². The Hall–Kier alpha value is -3.21. The summed E-state index contributed by atoms with van der Waals surface area (Å²) in [6, 6.07) is -1.01. The first-order chi connectivity index (χ1) is 15.6. The monoisotopic (exact) mass is 467 g/mol. The number of nitrogens with two attached hydrogens (primary N) is 1. The van der Waals surface area contributed by atoms with Crippen molar-refractivity contribution in [3.8, 4) is 0 Å². The SMILES string of the molecule is C=C(NC(=O)[C@H](CCC=CC(=O)OC)NC(=O)CN)C(=O)N(C)CC(=O)NCC(CC)CC. The van der Waals surface area contributed by atoms with E-state index in [9.17, 15) is 24.0 Å². The molecule has 0 fully saturated rings. The van der Waals surface area contributed by atoms with Gasteiger partial charge in [-0.3, -0.25) is 19.2 Å². The van der Waals surface area contributed by atoms with Crippen LogP contribution in [0.2, 0.25) is 0 Å². The predicted molar refractivity (Wildman–Crippen MR) is 123 cm³/mol. The van der Waals surface area contributed by atoms with Crippen molar-refractivity contribution in [2.24, 2.45) is 11.7 Å². The number of nitrogens with one attached hydrogen (secondary N) is 3. The Kier molecular flexibility index (Phi) is 14.8. The van der Waals surface area contributed by atoms with Crippen molar-refractivity contribution in [2.45, 2.75) is 45.6 Å². The van der Waals surface area contributed by atoms with Gasteiger partial charge in [0, 0.05) is 19.7 Å². The second kappa shape index (κ2) is 16.4. The molecule has 0 heterocycles. The van der Waals surface area contributed by atoms with Crippen molar-refractivity contribution < 1.29 is 28.7 Å². The third-order valence-corrected chi connectivity index (χ3v) is 4.92. The maximum absolute atomic E-state index is 12.6. The zero-order valence-corrected chi connectivity index (χ0v) is 19.9. The third-order valence-electron chi connectivity index (χ3n) is 4.92. The van der Waals surface area contributed by atoms with E-state index < -0.39 is 29.7 Å². The minimum Gasteiger partial charge on any atom is -0.466 e. The fourth-order valence-electron chi connectivity index (χ4n) is 2.73. The molecule has 11 heteroatoms. The number of rotatable bonds is 15. The van der Waals surface area contributed by atoms with E-state index in [0.717, 1.165) is 17.7 Å². The van der Waals surface area contributed by atoms with Crippen LogP contribution < -0.4 is 21.7 Å². The average Bonchev–Trinajstić information content (AvgIpc) is 2.80. The molecule has 186 valence electrons. The standard InChI is InChI=1S/C22H37N5O6/c1-6-16(7-2)13-24-19(29)14-27(4)22(32)15(3)25-21(31)17(26-18(28)12-23)10-8-9-11-20(30)33-5/h9,11,16-17H,3,6-8,10,12-14,23H2,1-2,4-5H3,(H,24,29)(H,25,31)(H,26,28)/t17-/m0/s1. The molecule has 11 nitrogen and oxygen atoms in total. The van der Waals surface area contributed by atoms with Gasteiger partial charge in [0.2, 0.25) is 17.7 Å². The first kappa shape index (κ1) is 29.8. The maximum atomic E-state index is 12.6. The highest BCUT2D eigenvalue weighted by Crippen LogP contribution is 2.05. The van der Waals surface area contributed by atoms with Gasteiger partial charge >= 0.3 is 5.97 Å². The normalized spacial score (nSPS) is 11.6. The molecule has 0 rings (SSSR count). The van der Waals surface area contributed by atoms with Gasteiger partial charge in [-0.25, -0.2) is 4.79 Å².